The Morgan fingerprint density at radius 3 is 2.70 bits per heavy atom. The largest absolute Gasteiger partial charge is 0.383 e. The average molecular weight is 300 g/mol. The molecule has 0 aliphatic rings. The Labute approximate surface area is 127 Å². The van der Waals surface area contributed by atoms with Crippen molar-refractivity contribution in [3.05, 3.63) is 21.9 Å². The average Bonchev–Trinajstić information content (AvgIpc) is 2.83. The van der Waals surface area contributed by atoms with Crippen molar-refractivity contribution < 1.29 is 9.47 Å². The lowest BCUT2D eigenvalue weighted by atomic mass is 10.3. The predicted octanol–water partition coefficient (Wildman–Crippen LogP) is 2.13. The minimum absolute atomic E-state index is 0.417. The van der Waals surface area contributed by atoms with Gasteiger partial charge in [-0.15, -0.1) is 11.3 Å². The Morgan fingerprint density at radius 1 is 1.30 bits per heavy atom. The molecule has 0 radical (unpaired) electrons. The van der Waals surface area contributed by atoms with Crippen LogP contribution in [0.15, 0.2) is 11.4 Å². The van der Waals surface area contributed by atoms with Crippen LogP contribution in [0.5, 0.6) is 0 Å². The Morgan fingerprint density at radius 2 is 2.10 bits per heavy atom. The van der Waals surface area contributed by atoms with Crippen LogP contribution in [0.1, 0.15) is 17.4 Å². The number of rotatable bonds is 11. The summed E-state index contributed by atoms with van der Waals surface area (Å²) in [6.07, 6.45) is 0. The zero-order chi connectivity index (χ0) is 14.8. The number of ether oxygens (including phenoxy) is 2. The summed E-state index contributed by atoms with van der Waals surface area (Å²) in [5.74, 6) is 0. The number of aryl methyl sites for hydroxylation is 1. The van der Waals surface area contributed by atoms with E-state index in [-0.39, 0.29) is 0 Å². The van der Waals surface area contributed by atoms with Crippen LogP contribution in [0.25, 0.3) is 0 Å². The highest BCUT2D eigenvalue weighted by atomic mass is 32.1. The standard InChI is InChI=1S/C15H28N2O2S/c1-13-5-10-20-15(13)11-16-6-7-17(8-9-18-3)14(2)12-19-4/h5,10,14,16H,6-9,11-12H2,1-4H3. The van der Waals surface area contributed by atoms with E-state index >= 15 is 0 Å². The van der Waals surface area contributed by atoms with Crippen molar-refractivity contribution in [3.63, 3.8) is 0 Å². The first kappa shape index (κ1) is 17.6. The van der Waals surface area contributed by atoms with Crippen LogP contribution >= 0.6 is 11.3 Å². The van der Waals surface area contributed by atoms with Gasteiger partial charge < -0.3 is 14.8 Å². The number of methoxy groups -OCH3 is 2. The van der Waals surface area contributed by atoms with Crippen molar-refractivity contribution in [2.24, 2.45) is 0 Å². The first-order chi connectivity index (χ1) is 9.69. The summed E-state index contributed by atoms with van der Waals surface area (Å²) < 4.78 is 10.4. The van der Waals surface area contributed by atoms with Gasteiger partial charge in [-0.25, -0.2) is 0 Å². The Balaban J connectivity index is 2.28. The zero-order valence-corrected chi connectivity index (χ0v) is 14.0. The molecule has 0 saturated heterocycles. The Hall–Kier alpha value is -0.460. The summed E-state index contributed by atoms with van der Waals surface area (Å²) >= 11 is 1.82. The first-order valence-corrected chi connectivity index (χ1v) is 8.02. The van der Waals surface area contributed by atoms with Gasteiger partial charge in [-0.1, -0.05) is 0 Å². The van der Waals surface area contributed by atoms with Crippen molar-refractivity contribution in [1.82, 2.24) is 10.2 Å². The Kier molecular flexibility index (Phi) is 9.05. The van der Waals surface area contributed by atoms with Crippen LogP contribution in [-0.4, -0.2) is 58.0 Å². The van der Waals surface area contributed by atoms with Gasteiger partial charge in [-0.2, -0.15) is 0 Å². The fourth-order valence-corrected chi connectivity index (χ4v) is 2.99. The van der Waals surface area contributed by atoms with Crippen LogP contribution in [-0.2, 0) is 16.0 Å². The predicted molar refractivity (Wildman–Crippen MR) is 85.5 cm³/mol. The van der Waals surface area contributed by atoms with Crippen molar-refractivity contribution in [1.29, 1.82) is 0 Å². The molecule has 0 saturated carbocycles. The molecular formula is C15H28N2O2S. The molecule has 1 atom stereocenters. The van der Waals surface area contributed by atoms with Gasteiger partial charge in [0.2, 0.25) is 0 Å². The summed E-state index contributed by atoms with van der Waals surface area (Å²) in [6, 6.07) is 2.59. The minimum atomic E-state index is 0.417. The molecule has 0 bridgehead atoms. The number of hydrogen-bond acceptors (Lipinski definition) is 5. The Bertz CT molecular complexity index is 357. The monoisotopic (exact) mass is 300 g/mol. The number of nitrogens with zero attached hydrogens (tertiary/aromatic N) is 1. The molecule has 0 spiro atoms. The molecule has 0 fully saturated rings. The normalized spacial score (nSPS) is 13.1. The second kappa shape index (κ2) is 10.3. The summed E-state index contributed by atoms with van der Waals surface area (Å²) in [5, 5.41) is 5.67. The van der Waals surface area contributed by atoms with E-state index in [4.69, 9.17) is 9.47 Å². The molecule has 1 unspecified atom stereocenters. The minimum Gasteiger partial charge on any atom is -0.383 e. The lowest BCUT2D eigenvalue weighted by Gasteiger charge is -2.28. The van der Waals surface area contributed by atoms with Crippen LogP contribution in [0.2, 0.25) is 0 Å². The van der Waals surface area contributed by atoms with E-state index < -0.39 is 0 Å². The fraction of sp³-hybridized carbons (Fsp3) is 0.733. The summed E-state index contributed by atoms with van der Waals surface area (Å²) in [4.78, 5) is 3.83. The number of hydrogen-bond donors (Lipinski definition) is 1. The van der Waals surface area contributed by atoms with Gasteiger partial charge in [0.1, 0.15) is 0 Å². The second-order valence-electron chi connectivity index (χ2n) is 5.04. The third-order valence-corrected chi connectivity index (χ3v) is 4.47. The molecule has 1 aromatic heterocycles. The number of nitrogens with one attached hydrogen (secondary N) is 1. The SMILES string of the molecule is COCCN(CCNCc1sccc1C)C(C)COC. The van der Waals surface area contributed by atoms with Gasteiger partial charge in [0.25, 0.3) is 0 Å². The molecule has 4 nitrogen and oxygen atoms in total. The topological polar surface area (TPSA) is 33.7 Å². The summed E-state index contributed by atoms with van der Waals surface area (Å²) in [6.45, 7) is 9.78. The van der Waals surface area contributed by atoms with Crippen molar-refractivity contribution in [2.75, 3.05) is 47.1 Å². The molecule has 5 heteroatoms. The fourth-order valence-electron chi connectivity index (χ4n) is 2.12. The maximum absolute atomic E-state index is 5.24. The van der Waals surface area contributed by atoms with E-state index in [0.717, 1.165) is 39.4 Å². The molecule has 1 rings (SSSR count). The van der Waals surface area contributed by atoms with Gasteiger partial charge in [-0.05, 0) is 30.9 Å². The van der Waals surface area contributed by atoms with E-state index in [1.165, 1.54) is 10.4 Å². The van der Waals surface area contributed by atoms with Crippen molar-refractivity contribution in [3.8, 4) is 0 Å². The summed E-state index contributed by atoms with van der Waals surface area (Å²) in [5.41, 5.74) is 1.38. The second-order valence-corrected chi connectivity index (χ2v) is 6.04. The van der Waals surface area contributed by atoms with Crippen LogP contribution in [0, 0.1) is 6.92 Å². The van der Waals surface area contributed by atoms with E-state index in [0.29, 0.717) is 6.04 Å². The van der Waals surface area contributed by atoms with Gasteiger partial charge in [0.05, 0.1) is 13.2 Å². The van der Waals surface area contributed by atoms with E-state index in [1.807, 2.05) is 11.3 Å². The van der Waals surface area contributed by atoms with Gasteiger partial charge in [0, 0.05) is 51.3 Å². The van der Waals surface area contributed by atoms with E-state index in [1.54, 1.807) is 14.2 Å². The molecule has 116 valence electrons. The maximum Gasteiger partial charge on any atom is 0.0615 e. The lowest BCUT2D eigenvalue weighted by molar-refractivity contribution is 0.0757. The van der Waals surface area contributed by atoms with E-state index in [9.17, 15) is 0 Å². The van der Waals surface area contributed by atoms with Crippen molar-refractivity contribution >= 4 is 11.3 Å². The highest BCUT2D eigenvalue weighted by Gasteiger charge is 2.12. The van der Waals surface area contributed by atoms with Gasteiger partial charge in [-0.3, -0.25) is 4.90 Å². The van der Waals surface area contributed by atoms with Crippen LogP contribution < -0.4 is 5.32 Å². The van der Waals surface area contributed by atoms with Crippen LogP contribution in [0.4, 0.5) is 0 Å². The maximum atomic E-state index is 5.24. The first-order valence-electron chi connectivity index (χ1n) is 7.14. The lowest BCUT2D eigenvalue weighted by Crippen LogP contribution is -2.42. The molecule has 0 aliphatic heterocycles. The number of thiophene rings is 1. The van der Waals surface area contributed by atoms with Crippen LogP contribution in [0.3, 0.4) is 0 Å². The molecular weight excluding hydrogens is 272 g/mol. The zero-order valence-electron chi connectivity index (χ0n) is 13.1. The van der Waals surface area contributed by atoms with E-state index in [2.05, 4.69) is 35.5 Å². The third-order valence-electron chi connectivity index (χ3n) is 3.44. The smallest absolute Gasteiger partial charge is 0.0615 e. The van der Waals surface area contributed by atoms with Gasteiger partial charge >= 0.3 is 0 Å². The molecule has 1 heterocycles. The molecule has 0 aliphatic carbocycles. The highest BCUT2D eigenvalue weighted by molar-refractivity contribution is 7.10. The molecule has 1 N–H and O–H groups in total. The highest BCUT2D eigenvalue weighted by Crippen LogP contribution is 2.14. The molecule has 0 aromatic carbocycles. The molecule has 0 amide bonds. The quantitative estimate of drug-likeness (QED) is 0.635. The van der Waals surface area contributed by atoms with Crippen molar-refractivity contribution in [2.45, 2.75) is 26.4 Å². The molecule has 20 heavy (non-hydrogen) atoms. The summed E-state index contributed by atoms with van der Waals surface area (Å²) in [7, 11) is 3.50. The molecule has 1 aromatic rings. The third kappa shape index (κ3) is 6.33. The van der Waals surface area contributed by atoms with Gasteiger partial charge in [0.15, 0.2) is 0 Å².